The fourth-order valence-corrected chi connectivity index (χ4v) is 3.32. The number of aromatic amines is 1. The van der Waals surface area contributed by atoms with Crippen molar-refractivity contribution in [2.24, 2.45) is 0 Å². The van der Waals surface area contributed by atoms with Crippen molar-refractivity contribution in [1.29, 1.82) is 0 Å². The van der Waals surface area contributed by atoms with E-state index >= 15 is 0 Å². The zero-order valence-corrected chi connectivity index (χ0v) is 19.2. The van der Waals surface area contributed by atoms with Crippen LogP contribution in [0.3, 0.4) is 0 Å². The Morgan fingerprint density at radius 3 is 2.53 bits per heavy atom. The first-order valence-electron chi connectivity index (χ1n) is 8.22. The largest absolute Gasteiger partial charge is 1.00 e. The van der Waals surface area contributed by atoms with Crippen LogP contribution in [0.5, 0.6) is 28.7 Å². The number of phosphoric acid groups is 1. The van der Waals surface area contributed by atoms with Gasteiger partial charge in [0.25, 0.3) is 0 Å². The molecule has 4 rings (SSSR count). The maximum Gasteiger partial charge on any atom is 1.00 e. The SMILES string of the molecule is COc1ccc(-c2n[nH]nc2-c2cc(OC)c3c(c2)OCO3)c(OP(=O)(O)O)c1.[H-].[Na+]. The van der Waals surface area contributed by atoms with Crippen molar-refractivity contribution >= 4 is 7.82 Å². The minimum absolute atomic E-state index is 0. The second kappa shape index (κ2) is 8.84. The van der Waals surface area contributed by atoms with Crippen LogP contribution in [0, 0.1) is 0 Å². The summed E-state index contributed by atoms with van der Waals surface area (Å²) in [6.07, 6.45) is 0. The number of nitrogens with one attached hydrogen (secondary N) is 1. The average molecular weight is 445 g/mol. The number of benzene rings is 2. The van der Waals surface area contributed by atoms with Crippen LogP contribution in [-0.2, 0) is 4.57 Å². The first kappa shape index (κ1) is 22.4. The summed E-state index contributed by atoms with van der Waals surface area (Å²) in [6.45, 7) is 0.0690. The molecule has 0 unspecified atom stereocenters. The number of H-pyrrole nitrogens is 1. The van der Waals surface area contributed by atoms with Crippen molar-refractivity contribution in [2.45, 2.75) is 0 Å². The fraction of sp³-hybridized carbons (Fsp3) is 0.176. The van der Waals surface area contributed by atoms with Gasteiger partial charge < -0.3 is 24.9 Å². The normalized spacial score (nSPS) is 12.3. The van der Waals surface area contributed by atoms with Crippen LogP contribution in [0.25, 0.3) is 22.5 Å². The smallest absolute Gasteiger partial charge is 1.00 e. The minimum Gasteiger partial charge on any atom is -1.00 e. The van der Waals surface area contributed by atoms with Gasteiger partial charge in [-0.05, 0) is 24.3 Å². The molecule has 30 heavy (non-hydrogen) atoms. The first-order chi connectivity index (χ1) is 13.9. The molecule has 11 nitrogen and oxygen atoms in total. The van der Waals surface area contributed by atoms with Gasteiger partial charge in [-0.1, -0.05) is 0 Å². The van der Waals surface area contributed by atoms with Crippen LogP contribution in [0.1, 0.15) is 1.43 Å². The molecule has 0 saturated heterocycles. The van der Waals surface area contributed by atoms with E-state index in [-0.39, 0.29) is 43.5 Å². The summed E-state index contributed by atoms with van der Waals surface area (Å²) in [4.78, 5) is 18.5. The molecule has 0 radical (unpaired) electrons. The van der Waals surface area contributed by atoms with E-state index in [1.807, 2.05) is 0 Å². The molecule has 13 heteroatoms. The van der Waals surface area contributed by atoms with Crippen LogP contribution in [0.15, 0.2) is 30.3 Å². The second-order valence-electron chi connectivity index (χ2n) is 5.88. The average Bonchev–Trinajstić information content (AvgIpc) is 3.35. The van der Waals surface area contributed by atoms with Crippen molar-refractivity contribution in [2.75, 3.05) is 21.0 Å². The van der Waals surface area contributed by atoms with Gasteiger partial charge in [0, 0.05) is 17.2 Å². The van der Waals surface area contributed by atoms with Gasteiger partial charge in [0.1, 0.15) is 22.9 Å². The van der Waals surface area contributed by atoms with E-state index in [0.29, 0.717) is 45.5 Å². The third-order valence-corrected chi connectivity index (χ3v) is 4.58. The summed E-state index contributed by atoms with van der Waals surface area (Å²) in [5.41, 5.74) is 1.58. The molecule has 154 valence electrons. The zero-order valence-electron chi connectivity index (χ0n) is 17.3. The van der Waals surface area contributed by atoms with E-state index in [1.165, 1.54) is 20.3 Å². The Morgan fingerprint density at radius 2 is 1.83 bits per heavy atom. The number of hydrogen-bond acceptors (Lipinski definition) is 8. The van der Waals surface area contributed by atoms with Crippen molar-refractivity contribution in [3.8, 4) is 51.3 Å². The van der Waals surface area contributed by atoms with Crippen LogP contribution in [0.4, 0.5) is 0 Å². The molecule has 0 spiro atoms. The summed E-state index contributed by atoms with van der Waals surface area (Å²) in [7, 11) is -1.90. The third kappa shape index (κ3) is 4.41. The van der Waals surface area contributed by atoms with Crippen LogP contribution < -0.4 is 53.0 Å². The first-order valence-corrected chi connectivity index (χ1v) is 9.75. The summed E-state index contributed by atoms with van der Waals surface area (Å²) in [5, 5.41) is 10.8. The molecule has 1 aliphatic heterocycles. The number of aromatic nitrogens is 3. The van der Waals surface area contributed by atoms with Gasteiger partial charge in [0.05, 0.1) is 14.2 Å². The minimum atomic E-state index is -4.83. The number of ether oxygens (including phenoxy) is 4. The molecule has 0 aliphatic carbocycles. The van der Waals surface area contributed by atoms with E-state index in [2.05, 4.69) is 15.4 Å². The number of fused-ring (bicyclic) bond motifs is 1. The maximum atomic E-state index is 11.4. The molecule has 1 aliphatic rings. The Morgan fingerprint density at radius 1 is 1.07 bits per heavy atom. The summed E-state index contributed by atoms with van der Waals surface area (Å²) < 4.78 is 37.6. The molecular weight excluding hydrogens is 428 g/mol. The van der Waals surface area contributed by atoms with Gasteiger partial charge in [-0.3, -0.25) is 9.79 Å². The summed E-state index contributed by atoms with van der Waals surface area (Å²) in [5.74, 6) is 1.66. The number of phosphoric ester groups is 1. The number of nitrogens with zero attached hydrogens (tertiary/aromatic N) is 2. The van der Waals surface area contributed by atoms with Gasteiger partial charge in [-0.2, -0.15) is 15.4 Å². The maximum absolute atomic E-state index is 11.4. The Balaban J connectivity index is 0.00000171. The predicted molar refractivity (Wildman–Crippen MR) is 100 cm³/mol. The van der Waals surface area contributed by atoms with Crippen LogP contribution >= 0.6 is 7.82 Å². The van der Waals surface area contributed by atoms with Gasteiger partial charge in [-0.15, -0.1) is 0 Å². The van der Waals surface area contributed by atoms with Crippen molar-refractivity contribution in [3.05, 3.63) is 30.3 Å². The molecule has 0 amide bonds. The van der Waals surface area contributed by atoms with Crippen molar-refractivity contribution < 1.29 is 68.8 Å². The fourth-order valence-electron chi connectivity index (χ4n) is 2.92. The Labute approximate surface area is 194 Å². The van der Waals surface area contributed by atoms with E-state index < -0.39 is 7.82 Å². The molecule has 1 aromatic heterocycles. The standard InChI is InChI=1S/C17H16N3O8P.Na.H/c1-24-10-3-4-11(12(7-10)28-29(21,22)23)16-15(18-20-19-16)9-5-13(25-2)17-14(6-9)26-8-27-17;;/h3-7H,8H2,1-2H3,(H,18,19,20)(H2,21,22,23);;/q;+1;-1. The summed E-state index contributed by atoms with van der Waals surface area (Å²) in [6, 6.07) is 7.93. The monoisotopic (exact) mass is 445 g/mol. The molecule has 3 N–H and O–H groups in total. The molecule has 3 aromatic rings. The molecule has 0 fully saturated rings. The van der Waals surface area contributed by atoms with Crippen LogP contribution in [-0.4, -0.2) is 46.2 Å². The topological polar surface area (TPSA) is 145 Å². The van der Waals surface area contributed by atoms with Gasteiger partial charge >= 0.3 is 37.4 Å². The van der Waals surface area contributed by atoms with E-state index in [4.69, 9.17) is 23.5 Å². The molecule has 0 atom stereocenters. The van der Waals surface area contributed by atoms with Crippen molar-refractivity contribution in [1.82, 2.24) is 15.4 Å². The Bertz CT molecular complexity index is 1120. The number of hydrogen-bond donors (Lipinski definition) is 3. The molecule has 0 bridgehead atoms. The zero-order chi connectivity index (χ0) is 20.6. The van der Waals surface area contributed by atoms with E-state index in [9.17, 15) is 14.4 Å². The molecular formula is C17H17N3NaO8P. The van der Waals surface area contributed by atoms with Crippen LogP contribution in [0.2, 0.25) is 0 Å². The van der Waals surface area contributed by atoms with Gasteiger partial charge in [0.15, 0.2) is 11.5 Å². The van der Waals surface area contributed by atoms with Gasteiger partial charge in [0.2, 0.25) is 12.5 Å². The number of rotatable bonds is 6. The summed E-state index contributed by atoms with van der Waals surface area (Å²) >= 11 is 0. The third-order valence-electron chi connectivity index (χ3n) is 4.14. The Hall–Kier alpha value is -2.27. The Kier molecular flexibility index (Phi) is 6.61. The van der Waals surface area contributed by atoms with E-state index in [1.54, 1.807) is 24.3 Å². The van der Waals surface area contributed by atoms with Gasteiger partial charge in [-0.25, -0.2) is 4.57 Å². The molecule has 2 heterocycles. The number of methoxy groups -OCH3 is 2. The van der Waals surface area contributed by atoms with Crippen molar-refractivity contribution in [3.63, 3.8) is 0 Å². The second-order valence-corrected chi connectivity index (χ2v) is 7.04. The molecule has 2 aromatic carbocycles. The predicted octanol–water partition coefficient (Wildman–Crippen LogP) is -0.527. The quantitative estimate of drug-likeness (QED) is 0.335. The van der Waals surface area contributed by atoms with E-state index in [0.717, 1.165) is 0 Å². The molecule has 0 saturated carbocycles.